The summed E-state index contributed by atoms with van der Waals surface area (Å²) in [6, 6.07) is 21.0. The summed E-state index contributed by atoms with van der Waals surface area (Å²) in [5.41, 5.74) is 3.55. The van der Waals surface area contributed by atoms with Gasteiger partial charge in [-0.1, -0.05) is 36.4 Å². The lowest BCUT2D eigenvalue weighted by Gasteiger charge is -2.37. The predicted molar refractivity (Wildman–Crippen MR) is 126 cm³/mol. The van der Waals surface area contributed by atoms with E-state index in [1.54, 1.807) is 7.11 Å². The van der Waals surface area contributed by atoms with Gasteiger partial charge in [-0.15, -0.1) is 0 Å². The number of methoxy groups -OCH3 is 1. The molecule has 0 spiro atoms. The molecule has 0 bridgehead atoms. The molecule has 1 amide bonds. The van der Waals surface area contributed by atoms with Gasteiger partial charge in [-0.2, -0.15) is 0 Å². The molecule has 5 nitrogen and oxygen atoms in total. The molecule has 0 saturated carbocycles. The molecule has 5 heteroatoms. The number of hydrogen-bond donors (Lipinski definition) is 1. The topological polar surface area (TPSA) is 44.8 Å². The average molecular weight is 416 g/mol. The Balaban J connectivity index is 1.23. The highest BCUT2D eigenvalue weighted by Gasteiger charge is 2.26. The lowest BCUT2D eigenvalue weighted by molar-refractivity contribution is -0.116. The third-order valence-electron chi connectivity index (χ3n) is 6.68. The molecule has 0 radical (unpaired) electrons. The number of nitrogens with zero attached hydrogens (tertiary/aromatic N) is 2. The Labute approximate surface area is 183 Å². The van der Waals surface area contributed by atoms with Crippen molar-refractivity contribution >= 4 is 28.1 Å². The number of carbonyl (C=O) groups is 1. The van der Waals surface area contributed by atoms with Crippen LogP contribution in [0.25, 0.3) is 10.8 Å². The number of benzene rings is 3. The van der Waals surface area contributed by atoms with Crippen LogP contribution in [0, 0.1) is 0 Å². The minimum atomic E-state index is 0.139. The zero-order valence-corrected chi connectivity index (χ0v) is 18.0. The van der Waals surface area contributed by atoms with Crippen LogP contribution in [0.2, 0.25) is 0 Å². The third-order valence-corrected chi connectivity index (χ3v) is 6.68. The van der Waals surface area contributed by atoms with Gasteiger partial charge in [-0.3, -0.25) is 9.69 Å². The quantitative estimate of drug-likeness (QED) is 0.667. The van der Waals surface area contributed by atoms with Gasteiger partial charge in [0.1, 0.15) is 5.75 Å². The first-order chi connectivity index (χ1) is 15.2. The molecule has 0 aromatic heterocycles. The van der Waals surface area contributed by atoms with E-state index < -0.39 is 0 Å². The van der Waals surface area contributed by atoms with E-state index in [2.05, 4.69) is 57.6 Å². The first kappa shape index (κ1) is 19.9. The summed E-state index contributed by atoms with van der Waals surface area (Å²) in [5.74, 6) is 1.35. The van der Waals surface area contributed by atoms with E-state index >= 15 is 0 Å². The lowest BCUT2D eigenvalue weighted by Crippen LogP contribution is -2.47. The van der Waals surface area contributed by atoms with Gasteiger partial charge in [-0.05, 0) is 54.1 Å². The summed E-state index contributed by atoms with van der Waals surface area (Å²) in [6.07, 6.45) is 1.62. The van der Waals surface area contributed by atoms with E-state index in [1.807, 2.05) is 18.2 Å². The fourth-order valence-corrected chi connectivity index (χ4v) is 4.95. The van der Waals surface area contributed by atoms with E-state index in [4.69, 9.17) is 4.74 Å². The number of para-hydroxylation sites is 1. The van der Waals surface area contributed by atoms with E-state index in [0.717, 1.165) is 50.6 Å². The molecule has 31 heavy (non-hydrogen) atoms. The van der Waals surface area contributed by atoms with Crippen molar-refractivity contribution in [3.8, 4) is 5.75 Å². The zero-order chi connectivity index (χ0) is 21.2. The van der Waals surface area contributed by atoms with Gasteiger partial charge < -0.3 is 15.0 Å². The number of nitrogens with one attached hydrogen (secondary N) is 1. The van der Waals surface area contributed by atoms with E-state index in [0.29, 0.717) is 12.3 Å². The Kier molecular flexibility index (Phi) is 5.51. The van der Waals surface area contributed by atoms with Gasteiger partial charge in [0.2, 0.25) is 5.91 Å². The molecule has 2 heterocycles. The molecule has 0 aliphatic carbocycles. The highest BCUT2D eigenvalue weighted by molar-refractivity contribution is 5.95. The first-order valence-electron chi connectivity index (χ1n) is 11.1. The van der Waals surface area contributed by atoms with Crippen LogP contribution in [0.3, 0.4) is 0 Å². The average Bonchev–Trinajstić information content (AvgIpc) is 2.82. The fraction of sp³-hybridized carbons (Fsp3) is 0.346. The SMILES string of the molecule is COc1ccc2cccc(N3CCN(CCC4CC(=O)Nc5ccccc54)CC3)c2c1. The summed E-state index contributed by atoms with van der Waals surface area (Å²) < 4.78 is 5.45. The second-order valence-corrected chi connectivity index (χ2v) is 8.52. The number of piperazine rings is 1. The molecule has 3 aromatic carbocycles. The van der Waals surface area contributed by atoms with Gasteiger partial charge in [0.05, 0.1) is 7.11 Å². The molecule has 3 aromatic rings. The summed E-state index contributed by atoms with van der Waals surface area (Å²) >= 11 is 0. The maximum atomic E-state index is 12.1. The molecule has 1 atom stereocenters. The van der Waals surface area contributed by atoms with Crippen LogP contribution in [-0.2, 0) is 4.79 Å². The molecule has 5 rings (SSSR count). The van der Waals surface area contributed by atoms with Gasteiger partial charge in [0, 0.05) is 49.4 Å². The molecule has 1 unspecified atom stereocenters. The van der Waals surface area contributed by atoms with Crippen LogP contribution in [0.1, 0.15) is 24.3 Å². The predicted octanol–water partition coefficient (Wildman–Crippen LogP) is 4.49. The van der Waals surface area contributed by atoms with Crippen molar-refractivity contribution in [3.63, 3.8) is 0 Å². The standard InChI is InChI=1S/C26H29N3O2/c1-31-21-10-9-19-5-4-8-25(23(19)18-21)29-15-13-28(14-16-29)12-11-20-17-26(30)27-24-7-3-2-6-22(20)24/h2-10,18,20H,11-17H2,1H3,(H,27,30). The van der Waals surface area contributed by atoms with Crippen LogP contribution in [-0.4, -0.2) is 50.6 Å². The Morgan fingerprint density at radius 1 is 1.00 bits per heavy atom. The van der Waals surface area contributed by atoms with Crippen LogP contribution in [0.5, 0.6) is 5.75 Å². The van der Waals surface area contributed by atoms with Gasteiger partial charge in [0.25, 0.3) is 0 Å². The van der Waals surface area contributed by atoms with Crippen molar-refractivity contribution < 1.29 is 9.53 Å². The Morgan fingerprint density at radius 3 is 2.68 bits per heavy atom. The summed E-state index contributed by atoms with van der Waals surface area (Å²) in [6.45, 7) is 5.14. The Morgan fingerprint density at radius 2 is 1.84 bits per heavy atom. The van der Waals surface area contributed by atoms with Crippen molar-refractivity contribution in [2.24, 2.45) is 0 Å². The van der Waals surface area contributed by atoms with Crippen LogP contribution < -0.4 is 15.0 Å². The molecule has 1 saturated heterocycles. The minimum absolute atomic E-state index is 0.139. The number of anilines is 2. The van der Waals surface area contributed by atoms with E-state index in [1.165, 1.54) is 22.0 Å². The maximum Gasteiger partial charge on any atom is 0.224 e. The van der Waals surface area contributed by atoms with Crippen molar-refractivity contribution in [1.82, 2.24) is 4.90 Å². The zero-order valence-electron chi connectivity index (χ0n) is 18.0. The second-order valence-electron chi connectivity index (χ2n) is 8.52. The Hall–Kier alpha value is -3.05. The highest BCUT2D eigenvalue weighted by Crippen LogP contribution is 2.35. The van der Waals surface area contributed by atoms with Crippen LogP contribution >= 0.6 is 0 Å². The number of carbonyl (C=O) groups excluding carboxylic acids is 1. The summed E-state index contributed by atoms with van der Waals surface area (Å²) in [5, 5.41) is 5.50. The number of ether oxygens (including phenoxy) is 1. The molecule has 1 N–H and O–H groups in total. The lowest BCUT2D eigenvalue weighted by atomic mass is 9.88. The largest absolute Gasteiger partial charge is 0.497 e. The van der Waals surface area contributed by atoms with Crippen molar-refractivity contribution in [2.75, 3.05) is 50.1 Å². The highest BCUT2D eigenvalue weighted by atomic mass is 16.5. The number of amides is 1. The number of hydrogen-bond acceptors (Lipinski definition) is 4. The van der Waals surface area contributed by atoms with Crippen molar-refractivity contribution in [2.45, 2.75) is 18.8 Å². The Bertz CT molecular complexity index is 1090. The summed E-state index contributed by atoms with van der Waals surface area (Å²) in [7, 11) is 1.72. The van der Waals surface area contributed by atoms with Crippen LogP contribution in [0.4, 0.5) is 11.4 Å². The van der Waals surface area contributed by atoms with Gasteiger partial charge in [-0.25, -0.2) is 0 Å². The molecular weight excluding hydrogens is 386 g/mol. The minimum Gasteiger partial charge on any atom is -0.497 e. The first-order valence-corrected chi connectivity index (χ1v) is 11.1. The van der Waals surface area contributed by atoms with Gasteiger partial charge in [0.15, 0.2) is 0 Å². The third kappa shape index (κ3) is 4.10. The molecule has 2 aliphatic heterocycles. The monoisotopic (exact) mass is 415 g/mol. The van der Waals surface area contributed by atoms with E-state index in [-0.39, 0.29) is 5.91 Å². The molecule has 2 aliphatic rings. The molecular formula is C26H29N3O2. The fourth-order valence-electron chi connectivity index (χ4n) is 4.95. The maximum absolute atomic E-state index is 12.1. The number of rotatable bonds is 5. The van der Waals surface area contributed by atoms with E-state index in [9.17, 15) is 4.79 Å². The number of fused-ring (bicyclic) bond motifs is 2. The van der Waals surface area contributed by atoms with Crippen molar-refractivity contribution in [3.05, 3.63) is 66.2 Å². The smallest absolute Gasteiger partial charge is 0.224 e. The van der Waals surface area contributed by atoms with Crippen molar-refractivity contribution in [1.29, 1.82) is 0 Å². The van der Waals surface area contributed by atoms with Gasteiger partial charge >= 0.3 is 0 Å². The van der Waals surface area contributed by atoms with Crippen LogP contribution in [0.15, 0.2) is 60.7 Å². The molecule has 1 fully saturated rings. The second kappa shape index (κ2) is 8.60. The summed E-state index contributed by atoms with van der Waals surface area (Å²) in [4.78, 5) is 17.1. The molecule has 160 valence electrons. The normalized spacial score (nSPS) is 19.2.